The van der Waals surface area contributed by atoms with E-state index in [-0.39, 0.29) is 0 Å². The van der Waals surface area contributed by atoms with Crippen LogP contribution in [0.3, 0.4) is 0 Å². The number of halogens is 2. The van der Waals surface area contributed by atoms with Crippen molar-refractivity contribution in [2.75, 3.05) is 11.2 Å². The summed E-state index contributed by atoms with van der Waals surface area (Å²) in [5.74, 6) is 0.487. The van der Waals surface area contributed by atoms with E-state index in [1.165, 1.54) is 11.3 Å². The highest BCUT2D eigenvalue weighted by Gasteiger charge is 2.17. The molecule has 0 spiro atoms. The molecule has 4 nitrogen and oxygen atoms in total. The first-order chi connectivity index (χ1) is 10.3. The molecule has 2 aromatic rings. The Hall–Kier alpha value is -1.30. The van der Waals surface area contributed by atoms with Crippen LogP contribution in [0.2, 0.25) is 0 Å². The molecule has 3 N–H and O–H groups in total. The van der Waals surface area contributed by atoms with Crippen LogP contribution in [0.4, 0.5) is 10.9 Å². The maximum atomic E-state index is 6.10. The minimum absolute atomic E-state index is 0.487. The molecule has 0 atom stereocenters. The van der Waals surface area contributed by atoms with Crippen LogP contribution in [0.1, 0.15) is 38.2 Å². The third kappa shape index (κ3) is 3.37. The van der Waals surface area contributed by atoms with E-state index in [2.05, 4.69) is 15.5 Å². The molecule has 0 saturated carbocycles. The number of hydrazone groups is 1. The lowest BCUT2D eigenvalue weighted by atomic mass is 9.90. The lowest BCUT2D eigenvalue weighted by Crippen LogP contribution is -2.05. The number of nitrogens with two attached hydrogens (primary N) is 1. The number of hydrogen-bond acceptors (Lipinski definition) is 5. The van der Waals surface area contributed by atoms with Gasteiger partial charge in [0, 0.05) is 10.9 Å². The monoisotopic (exact) mass is 356 g/mol. The van der Waals surface area contributed by atoms with E-state index in [9.17, 15) is 0 Å². The Morgan fingerprint density at radius 3 is 2.23 bits per heavy atom. The lowest BCUT2D eigenvalue weighted by Gasteiger charge is -2.19. The normalized spacial score (nSPS) is 11.6. The van der Waals surface area contributed by atoms with Gasteiger partial charge in [-0.2, -0.15) is 5.10 Å². The molecule has 7 heteroatoms. The molecule has 0 aliphatic carbocycles. The Bertz CT molecular complexity index is 694. The van der Waals surface area contributed by atoms with Crippen molar-refractivity contribution in [1.82, 2.24) is 4.98 Å². The fraction of sp³-hybridized carbons (Fsp3) is 0.333. The second-order valence-electron chi connectivity index (χ2n) is 5.08. The van der Waals surface area contributed by atoms with Crippen molar-refractivity contribution < 1.29 is 0 Å². The highest BCUT2D eigenvalue weighted by molar-refractivity contribution is 7.14. The number of thiazole rings is 1. The highest BCUT2D eigenvalue weighted by Crippen LogP contribution is 2.35. The number of rotatable bonds is 4. The molecule has 118 valence electrons. The summed E-state index contributed by atoms with van der Waals surface area (Å²) in [6.07, 6.45) is 1.80. The van der Waals surface area contributed by atoms with Gasteiger partial charge in [-0.05, 0) is 55.5 Å². The molecule has 1 heterocycles. The Kier molecular flexibility index (Phi) is 5.32. The molecule has 0 aliphatic rings. The predicted octanol–water partition coefficient (Wildman–Crippen LogP) is 4.88. The summed E-state index contributed by atoms with van der Waals surface area (Å²) < 4.78 is 0. The van der Waals surface area contributed by atoms with Crippen LogP contribution in [-0.4, -0.2) is 11.2 Å². The van der Waals surface area contributed by atoms with Gasteiger partial charge >= 0.3 is 0 Å². The zero-order valence-electron chi connectivity index (χ0n) is 12.9. The van der Waals surface area contributed by atoms with Gasteiger partial charge in [0.25, 0.3) is 0 Å². The standard InChI is InChI=1S/C15H18Cl2N4S/c1-7-9(3)13(14(16)17)10(4)8(2)11(7)5-19-21-15-20-12(18)6-22-15/h5-6,14H,18H2,1-4H3,(H,20,21). The van der Waals surface area contributed by atoms with Gasteiger partial charge in [0.2, 0.25) is 5.13 Å². The van der Waals surface area contributed by atoms with E-state index in [1.807, 2.05) is 27.7 Å². The van der Waals surface area contributed by atoms with Crippen LogP contribution in [0.25, 0.3) is 0 Å². The first-order valence-electron chi connectivity index (χ1n) is 6.71. The van der Waals surface area contributed by atoms with E-state index in [0.29, 0.717) is 10.9 Å². The molecule has 2 rings (SSSR count). The molecule has 0 amide bonds. The molecule has 1 aromatic heterocycles. The SMILES string of the molecule is Cc1c(C)c(C(Cl)Cl)c(C)c(C)c1C=NNc1nc(N)cs1. The number of aromatic nitrogens is 1. The molecule has 22 heavy (non-hydrogen) atoms. The first kappa shape index (κ1) is 17.1. The smallest absolute Gasteiger partial charge is 0.205 e. The molecule has 1 aromatic carbocycles. The van der Waals surface area contributed by atoms with Gasteiger partial charge in [-0.1, -0.05) is 0 Å². The zero-order valence-corrected chi connectivity index (χ0v) is 15.2. The average Bonchev–Trinajstić information content (AvgIpc) is 2.86. The van der Waals surface area contributed by atoms with Gasteiger partial charge < -0.3 is 5.73 Å². The summed E-state index contributed by atoms with van der Waals surface area (Å²) in [6, 6.07) is 0. The Labute approximate surface area is 144 Å². The predicted molar refractivity (Wildman–Crippen MR) is 97.6 cm³/mol. The van der Waals surface area contributed by atoms with Gasteiger partial charge in [0.15, 0.2) is 0 Å². The summed E-state index contributed by atoms with van der Waals surface area (Å²) >= 11 is 13.6. The molecular weight excluding hydrogens is 339 g/mol. The number of anilines is 2. The Morgan fingerprint density at radius 2 is 1.77 bits per heavy atom. The molecular formula is C15H18Cl2N4S. The van der Waals surface area contributed by atoms with Gasteiger partial charge in [0.1, 0.15) is 10.7 Å². The summed E-state index contributed by atoms with van der Waals surface area (Å²) in [7, 11) is 0. The zero-order chi connectivity index (χ0) is 16.4. The van der Waals surface area contributed by atoms with Gasteiger partial charge in [-0.3, -0.25) is 5.43 Å². The first-order valence-corrected chi connectivity index (χ1v) is 8.46. The minimum Gasteiger partial charge on any atom is -0.383 e. The van der Waals surface area contributed by atoms with Crippen molar-refractivity contribution in [3.8, 4) is 0 Å². The average molecular weight is 357 g/mol. The third-order valence-corrected chi connectivity index (χ3v) is 5.04. The summed E-state index contributed by atoms with van der Waals surface area (Å²) in [5, 5.41) is 6.68. The summed E-state index contributed by atoms with van der Waals surface area (Å²) in [5.41, 5.74) is 14.9. The molecule has 0 radical (unpaired) electrons. The molecule has 0 unspecified atom stereocenters. The number of nitrogen functional groups attached to an aromatic ring is 1. The third-order valence-electron chi connectivity index (χ3n) is 3.84. The van der Waals surface area contributed by atoms with Crippen molar-refractivity contribution in [2.45, 2.75) is 32.5 Å². The number of nitrogens with one attached hydrogen (secondary N) is 1. The maximum absolute atomic E-state index is 6.10. The summed E-state index contributed by atoms with van der Waals surface area (Å²) in [4.78, 5) is 3.57. The number of hydrogen-bond donors (Lipinski definition) is 2. The highest BCUT2D eigenvalue weighted by atomic mass is 35.5. The van der Waals surface area contributed by atoms with Crippen LogP contribution in [0.15, 0.2) is 10.5 Å². The van der Waals surface area contributed by atoms with E-state index in [0.717, 1.165) is 33.4 Å². The topological polar surface area (TPSA) is 63.3 Å². The Balaban J connectivity index is 2.35. The largest absolute Gasteiger partial charge is 0.383 e. The van der Waals surface area contributed by atoms with Crippen molar-refractivity contribution >= 4 is 51.7 Å². The van der Waals surface area contributed by atoms with Crippen LogP contribution < -0.4 is 11.2 Å². The van der Waals surface area contributed by atoms with Crippen LogP contribution in [-0.2, 0) is 0 Å². The van der Waals surface area contributed by atoms with Gasteiger partial charge in [0.05, 0.1) is 6.21 Å². The van der Waals surface area contributed by atoms with Crippen LogP contribution >= 0.6 is 34.5 Å². The number of nitrogens with zero attached hydrogens (tertiary/aromatic N) is 2. The van der Waals surface area contributed by atoms with Crippen molar-refractivity contribution in [1.29, 1.82) is 0 Å². The van der Waals surface area contributed by atoms with Crippen LogP contribution in [0.5, 0.6) is 0 Å². The second-order valence-corrected chi connectivity index (χ2v) is 7.03. The molecule has 0 saturated heterocycles. The quantitative estimate of drug-likeness (QED) is 0.466. The molecule has 0 fully saturated rings. The van der Waals surface area contributed by atoms with E-state index >= 15 is 0 Å². The van der Waals surface area contributed by atoms with Crippen molar-refractivity contribution in [3.05, 3.63) is 38.8 Å². The molecule has 0 bridgehead atoms. The van der Waals surface area contributed by atoms with Crippen LogP contribution in [0, 0.1) is 27.7 Å². The van der Waals surface area contributed by atoms with E-state index in [1.54, 1.807) is 11.6 Å². The van der Waals surface area contributed by atoms with Gasteiger partial charge in [-0.15, -0.1) is 34.5 Å². The maximum Gasteiger partial charge on any atom is 0.205 e. The number of alkyl halides is 2. The minimum atomic E-state index is -0.528. The number of benzene rings is 1. The fourth-order valence-electron chi connectivity index (χ4n) is 2.38. The van der Waals surface area contributed by atoms with Crippen molar-refractivity contribution in [3.63, 3.8) is 0 Å². The Morgan fingerprint density at radius 1 is 1.18 bits per heavy atom. The molecule has 0 aliphatic heterocycles. The lowest BCUT2D eigenvalue weighted by molar-refractivity contribution is 1.13. The fourth-order valence-corrected chi connectivity index (χ4v) is 3.58. The second kappa shape index (κ2) is 6.86. The summed E-state index contributed by atoms with van der Waals surface area (Å²) in [6.45, 7) is 8.15. The van der Waals surface area contributed by atoms with E-state index in [4.69, 9.17) is 28.9 Å². The van der Waals surface area contributed by atoms with E-state index < -0.39 is 4.84 Å². The van der Waals surface area contributed by atoms with Crippen molar-refractivity contribution in [2.24, 2.45) is 5.10 Å². The van der Waals surface area contributed by atoms with Gasteiger partial charge in [-0.25, -0.2) is 4.98 Å².